The molecule has 0 atom stereocenters. The second-order valence-corrected chi connectivity index (χ2v) is 4.94. The van der Waals surface area contributed by atoms with Crippen LogP contribution in [0.15, 0.2) is 33.6 Å². The van der Waals surface area contributed by atoms with E-state index in [-0.39, 0.29) is 5.69 Å². The molecule has 0 aliphatic carbocycles. The summed E-state index contributed by atoms with van der Waals surface area (Å²) < 4.78 is 5.15. The van der Waals surface area contributed by atoms with Crippen LogP contribution in [0.2, 0.25) is 0 Å². The number of aromatic amines is 2. The minimum Gasteiger partial charge on any atom is -0.338 e. The van der Waals surface area contributed by atoms with E-state index in [2.05, 4.69) is 30.6 Å². The Labute approximate surface area is 126 Å². The van der Waals surface area contributed by atoms with Gasteiger partial charge in [0, 0.05) is 18.5 Å². The highest BCUT2D eigenvalue weighted by Crippen LogP contribution is 2.17. The lowest BCUT2D eigenvalue weighted by atomic mass is 10.1. The summed E-state index contributed by atoms with van der Waals surface area (Å²) in [6, 6.07) is 8.30. The van der Waals surface area contributed by atoms with Gasteiger partial charge in [-0.15, -0.1) is 0 Å². The molecule has 3 aromatic rings. The second kappa shape index (κ2) is 6.25. The zero-order valence-corrected chi connectivity index (χ0v) is 12.1. The van der Waals surface area contributed by atoms with E-state index in [1.165, 1.54) is 5.56 Å². The number of benzene rings is 1. The maximum atomic E-state index is 10.9. The van der Waals surface area contributed by atoms with E-state index in [0.717, 1.165) is 12.0 Å². The summed E-state index contributed by atoms with van der Waals surface area (Å²) in [7, 11) is 0. The largest absolute Gasteiger partial charge is 0.340 e. The number of anilines is 1. The second-order valence-electron chi connectivity index (χ2n) is 4.94. The van der Waals surface area contributed by atoms with Crippen LogP contribution in [0.4, 0.5) is 6.01 Å². The fourth-order valence-corrected chi connectivity index (χ4v) is 1.99. The van der Waals surface area contributed by atoms with Gasteiger partial charge in [0.2, 0.25) is 5.82 Å². The number of nitrogens with zero attached hydrogens (tertiary/aromatic N) is 3. The predicted molar refractivity (Wildman–Crippen MR) is 80.5 cm³/mol. The van der Waals surface area contributed by atoms with Gasteiger partial charge in [0.25, 0.3) is 0 Å². The van der Waals surface area contributed by atoms with Crippen LogP contribution in [-0.4, -0.2) is 31.9 Å². The summed E-state index contributed by atoms with van der Waals surface area (Å²) in [5, 5.41) is 13.2. The van der Waals surface area contributed by atoms with Crippen LogP contribution < -0.4 is 11.0 Å². The number of aryl methyl sites for hydroxylation is 2. The topological polar surface area (TPSA) is 112 Å². The first-order chi connectivity index (χ1) is 10.7. The maximum Gasteiger partial charge on any atom is 0.340 e. The summed E-state index contributed by atoms with van der Waals surface area (Å²) in [4.78, 5) is 17.8. The molecule has 1 aromatic carbocycles. The zero-order valence-electron chi connectivity index (χ0n) is 12.1. The van der Waals surface area contributed by atoms with Gasteiger partial charge >= 0.3 is 11.7 Å². The van der Waals surface area contributed by atoms with Crippen molar-refractivity contribution in [2.75, 3.05) is 11.9 Å². The molecule has 2 aromatic heterocycles. The van der Waals surface area contributed by atoms with Crippen molar-refractivity contribution < 1.29 is 4.52 Å². The minimum absolute atomic E-state index is 0.289. The van der Waals surface area contributed by atoms with Gasteiger partial charge in [-0.1, -0.05) is 35.0 Å². The van der Waals surface area contributed by atoms with Crippen molar-refractivity contribution in [3.8, 4) is 11.4 Å². The molecule has 8 heteroatoms. The highest BCUT2D eigenvalue weighted by atomic mass is 16.5. The van der Waals surface area contributed by atoms with E-state index in [1.54, 1.807) is 0 Å². The van der Waals surface area contributed by atoms with Crippen LogP contribution in [-0.2, 0) is 6.42 Å². The smallest absolute Gasteiger partial charge is 0.338 e. The first-order valence-corrected chi connectivity index (χ1v) is 6.99. The molecule has 0 saturated heterocycles. The molecule has 0 unspecified atom stereocenters. The molecule has 0 radical (unpaired) electrons. The quantitative estimate of drug-likeness (QED) is 0.595. The molecule has 0 aliphatic rings. The van der Waals surface area contributed by atoms with Crippen LogP contribution in [0, 0.1) is 6.92 Å². The molecule has 8 nitrogen and oxygen atoms in total. The molecule has 3 N–H and O–H groups in total. The first kappa shape index (κ1) is 14.1. The lowest BCUT2D eigenvalue weighted by Crippen LogP contribution is -2.05. The van der Waals surface area contributed by atoms with Crippen molar-refractivity contribution >= 4 is 6.01 Å². The van der Waals surface area contributed by atoms with E-state index in [0.29, 0.717) is 30.6 Å². The molecular weight excluding hydrogens is 284 g/mol. The summed E-state index contributed by atoms with van der Waals surface area (Å²) >= 11 is 0. The average molecular weight is 300 g/mol. The monoisotopic (exact) mass is 300 g/mol. The Kier molecular flexibility index (Phi) is 3.99. The van der Waals surface area contributed by atoms with Gasteiger partial charge in [0.1, 0.15) is 5.82 Å². The highest BCUT2D eigenvalue weighted by molar-refractivity contribution is 5.55. The van der Waals surface area contributed by atoms with Crippen molar-refractivity contribution in [1.29, 1.82) is 0 Å². The third-order valence-corrected chi connectivity index (χ3v) is 3.15. The molecular formula is C14H16N6O2. The molecule has 0 saturated carbocycles. The number of aromatic nitrogens is 5. The van der Waals surface area contributed by atoms with Gasteiger partial charge in [-0.25, -0.2) is 9.89 Å². The van der Waals surface area contributed by atoms with Gasteiger partial charge in [-0.3, -0.25) is 4.98 Å². The van der Waals surface area contributed by atoms with Gasteiger partial charge in [-0.2, -0.15) is 10.1 Å². The van der Waals surface area contributed by atoms with E-state index < -0.39 is 0 Å². The molecule has 22 heavy (non-hydrogen) atoms. The van der Waals surface area contributed by atoms with Crippen LogP contribution in [0.25, 0.3) is 11.4 Å². The average Bonchev–Trinajstić information content (AvgIpc) is 3.14. The van der Waals surface area contributed by atoms with Crippen LogP contribution in [0.5, 0.6) is 0 Å². The van der Waals surface area contributed by atoms with Gasteiger partial charge in [0.15, 0.2) is 0 Å². The molecule has 0 aliphatic heterocycles. The minimum atomic E-state index is -0.289. The molecule has 0 bridgehead atoms. The molecule has 0 spiro atoms. The standard InChI is InChI=1S/C14H16N6O2/c1-9-4-6-10(7-5-9)12-17-14(22-20-12)15-8-2-3-11-16-13(21)19-18-11/h4-7H,2-3,8H2,1H3,(H,15,17,20)(H2,16,18,19,21). The van der Waals surface area contributed by atoms with Crippen LogP contribution >= 0.6 is 0 Å². The van der Waals surface area contributed by atoms with Crippen molar-refractivity contribution in [2.24, 2.45) is 0 Å². The Bertz CT molecular complexity index is 786. The molecule has 0 fully saturated rings. The Balaban J connectivity index is 1.51. The molecule has 3 rings (SSSR count). The number of hydrogen-bond acceptors (Lipinski definition) is 6. The number of rotatable bonds is 6. The lowest BCUT2D eigenvalue weighted by molar-refractivity contribution is 0.431. The Morgan fingerprint density at radius 2 is 2.09 bits per heavy atom. The number of H-pyrrole nitrogens is 2. The molecule has 114 valence electrons. The van der Waals surface area contributed by atoms with E-state index in [9.17, 15) is 4.79 Å². The normalized spacial score (nSPS) is 10.8. The van der Waals surface area contributed by atoms with Crippen molar-refractivity contribution in [2.45, 2.75) is 19.8 Å². The summed E-state index contributed by atoms with van der Waals surface area (Å²) in [5.41, 5.74) is 1.81. The van der Waals surface area contributed by atoms with Gasteiger partial charge < -0.3 is 9.84 Å². The predicted octanol–water partition coefficient (Wildman–Crippen LogP) is 1.50. The molecule has 2 heterocycles. The van der Waals surface area contributed by atoms with Crippen molar-refractivity contribution in [1.82, 2.24) is 25.3 Å². The zero-order chi connectivity index (χ0) is 15.4. The third kappa shape index (κ3) is 3.40. The number of nitrogens with one attached hydrogen (secondary N) is 3. The van der Waals surface area contributed by atoms with Gasteiger partial charge in [-0.05, 0) is 13.3 Å². The Morgan fingerprint density at radius 3 is 2.82 bits per heavy atom. The van der Waals surface area contributed by atoms with Crippen molar-refractivity contribution in [3.05, 3.63) is 46.1 Å². The van der Waals surface area contributed by atoms with Crippen LogP contribution in [0.1, 0.15) is 17.8 Å². The Hall–Kier alpha value is -2.90. The van der Waals surface area contributed by atoms with Crippen LogP contribution in [0.3, 0.4) is 0 Å². The Morgan fingerprint density at radius 1 is 1.27 bits per heavy atom. The SMILES string of the molecule is Cc1ccc(-c2noc(NCCCc3n[nH]c(=O)[nH]3)n2)cc1. The summed E-state index contributed by atoms with van der Waals surface area (Å²) in [6.45, 7) is 2.67. The van der Waals surface area contributed by atoms with Crippen molar-refractivity contribution in [3.63, 3.8) is 0 Å². The highest BCUT2D eigenvalue weighted by Gasteiger charge is 2.07. The fraction of sp³-hybridized carbons (Fsp3) is 0.286. The lowest BCUT2D eigenvalue weighted by Gasteiger charge is -1.98. The third-order valence-electron chi connectivity index (χ3n) is 3.15. The first-order valence-electron chi connectivity index (χ1n) is 6.99. The summed E-state index contributed by atoms with van der Waals surface area (Å²) in [5.74, 6) is 1.19. The summed E-state index contributed by atoms with van der Waals surface area (Å²) in [6.07, 6.45) is 1.44. The fourth-order valence-electron chi connectivity index (χ4n) is 1.99. The van der Waals surface area contributed by atoms with E-state index in [4.69, 9.17) is 4.52 Å². The molecule has 0 amide bonds. The maximum absolute atomic E-state index is 10.9. The van der Waals surface area contributed by atoms with Gasteiger partial charge in [0.05, 0.1) is 0 Å². The van der Waals surface area contributed by atoms with E-state index >= 15 is 0 Å². The van der Waals surface area contributed by atoms with E-state index in [1.807, 2.05) is 31.2 Å². The number of hydrogen-bond donors (Lipinski definition) is 3.